The second-order valence-electron chi connectivity index (χ2n) is 7.27. The highest BCUT2D eigenvalue weighted by Gasteiger charge is 2.16. The normalized spacial score (nSPS) is 11.1. The second-order valence-corrected chi connectivity index (χ2v) is 7.27. The maximum absolute atomic E-state index is 12.6. The van der Waals surface area contributed by atoms with Crippen molar-refractivity contribution >= 4 is 17.0 Å². The number of ether oxygens (including phenoxy) is 2. The topological polar surface area (TPSA) is 120 Å². The summed E-state index contributed by atoms with van der Waals surface area (Å²) in [6.07, 6.45) is 0. The molecule has 4 rings (SSSR count). The third-order valence-electron chi connectivity index (χ3n) is 5.08. The molecule has 0 unspecified atom stereocenters. The van der Waals surface area contributed by atoms with Gasteiger partial charge in [0.15, 0.2) is 11.5 Å². The highest BCUT2D eigenvalue weighted by atomic mass is 16.5. The molecule has 0 aliphatic heterocycles. The van der Waals surface area contributed by atoms with E-state index in [2.05, 4.69) is 32.4 Å². The van der Waals surface area contributed by atoms with E-state index in [1.807, 2.05) is 43.3 Å². The fourth-order valence-electron chi connectivity index (χ4n) is 3.52. The van der Waals surface area contributed by atoms with Crippen molar-refractivity contribution in [2.24, 2.45) is 0 Å². The highest BCUT2D eigenvalue weighted by molar-refractivity contribution is 5.82. The van der Waals surface area contributed by atoms with Gasteiger partial charge in [0, 0.05) is 18.7 Å². The molecule has 0 radical (unpaired) electrons. The average molecular weight is 435 g/mol. The standard InChI is InChI=1S/C23H26N6O3/c1-3-32-22-27-20(24)19-21(28-22)29(23(30)26-19)14-17-10-9-16(11-18(17)31-2)13-25-12-15-7-5-4-6-8-15/h4-11,25H,3,12-14H2,1-2H3,(H,26,30)(H2,24,27,28). The molecule has 2 aromatic carbocycles. The van der Waals surface area contributed by atoms with Crippen LogP contribution in [0.2, 0.25) is 0 Å². The molecule has 2 heterocycles. The van der Waals surface area contributed by atoms with Crippen LogP contribution < -0.4 is 26.2 Å². The molecule has 0 fully saturated rings. The fourth-order valence-corrected chi connectivity index (χ4v) is 3.52. The smallest absolute Gasteiger partial charge is 0.328 e. The molecule has 9 nitrogen and oxygen atoms in total. The Labute approximate surface area is 185 Å². The summed E-state index contributed by atoms with van der Waals surface area (Å²) in [4.78, 5) is 23.8. The third kappa shape index (κ3) is 4.57. The number of aromatic nitrogens is 4. The van der Waals surface area contributed by atoms with Gasteiger partial charge in [-0.05, 0) is 24.1 Å². The van der Waals surface area contributed by atoms with Crippen molar-refractivity contribution in [3.8, 4) is 11.8 Å². The molecule has 32 heavy (non-hydrogen) atoms. The predicted octanol–water partition coefficient (Wildman–Crippen LogP) is 2.45. The Morgan fingerprint density at radius 2 is 1.88 bits per heavy atom. The molecule has 0 aliphatic rings. The number of aromatic amines is 1. The molecule has 166 valence electrons. The van der Waals surface area contributed by atoms with Crippen molar-refractivity contribution < 1.29 is 9.47 Å². The van der Waals surface area contributed by atoms with Crippen molar-refractivity contribution in [2.45, 2.75) is 26.6 Å². The van der Waals surface area contributed by atoms with E-state index in [9.17, 15) is 4.79 Å². The lowest BCUT2D eigenvalue weighted by Crippen LogP contribution is -2.18. The number of nitrogen functional groups attached to an aromatic ring is 1. The van der Waals surface area contributed by atoms with E-state index in [-0.39, 0.29) is 24.1 Å². The third-order valence-corrected chi connectivity index (χ3v) is 5.08. The zero-order valence-corrected chi connectivity index (χ0v) is 18.1. The Bertz CT molecular complexity index is 1270. The first-order chi connectivity index (χ1) is 15.6. The van der Waals surface area contributed by atoms with Crippen LogP contribution in [0.4, 0.5) is 5.82 Å². The van der Waals surface area contributed by atoms with E-state index in [1.165, 1.54) is 10.1 Å². The van der Waals surface area contributed by atoms with Gasteiger partial charge in [-0.3, -0.25) is 4.57 Å². The Morgan fingerprint density at radius 1 is 1.09 bits per heavy atom. The lowest BCUT2D eigenvalue weighted by atomic mass is 10.1. The van der Waals surface area contributed by atoms with Gasteiger partial charge in [0.25, 0.3) is 0 Å². The molecule has 4 N–H and O–H groups in total. The van der Waals surface area contributed by atoms with E-state index < -0.39 is 0 Å². The van der Waals surface area contributed by atoms with Crippen LogP contribution in [0.1, 0.15) is 23.6 Å². The number of fused-ring (bicyclic) bond motifs is 1. The summed E-state index contributed by atoms with van der Waals surface area (Å²) in [5.41, 5.74) is 9.58. The molecule has 0 amide bonds. The van der Waals surface area contributed by atoms with Crippen molar-refractivity contribution in [3.63, 3.8) is 0 Å². The molecule has 0 saturated carbocycles. The summed E-state index contributed by atoms with van der Waals surface area (Å²) in [5, 5.41) is 3.43. The zero-order valence-electron chi connectivity index (χ0n) is 18.1. The lowest BCUT2D eigenvalue weighted by molar-refractivity contribution is 0.314. The van der Waals surface area contributed by atoms with E-state index in [0.29, 0.717) is 30.1 Å². The van der Waals surface area contributed by atoms with Gasteiger partial charge >= 0.3 is 11.7 Å². The van der Waals surface area contributed by atoms with E-state index in [0.717, 1.165) is 17.7 Å². The highest BCUT2D eigenvalue weighted by Crippen LogP contribution is 2.24. The fraction of sp³-hybridized carbons (Fsp3) is 0.261. The van der Waals surface area contributed by atoms with Crippen molar-refractivity contribution in [1.29, 1.82) is 0 Å². The Kier molecular flexibility index (Phi) is 6.37. The lowest BCUT2D eigenvalue weighted by Gasteiger charge is -2.12. The van der Waals surface area contributed by atoms with Crippen LogP contribution in [0, 0.1) is 0 Å². The first-order valence-electron chi connectivity index (χ1n) is 10.4. The summed E-state index contributed by atoms with van der Waals surface area (Å²) in [5.74, 6) is 0.860. The van der Waals surface area contributed by atoms with Gasteiger partial charge in [0.1, 0.15) is 11.3 Å². The Morgan fingerprint density at radius 3 is 2.62 bits per heavy atom. The second kappa shape index (κ2) is 9.52. The van der Waals surface area contributed by atoms with Crippen LogP contribution in [0.15, 0.2) is 53.3 Å². The summed E-state index contributed by atoms with van der Waals surface area (Å²) in [6, 6.07) is 16.3. The molecule has 9 heteroatoms. The predicted molar refractivity (Wildman–Crippen MR) is 123 cm³/mol. The molecule has 2 aromatic heterocycles. The van der Waals surface area contributed by atoms with E-state index in [4.69, 9.17) is 15.2 Å². The van der Waals surface area contributed by atoms with Crippen LogP contribution in [0.25, 0.3) is 11.2 Å². The minimum absolute atomic E-state index is 0.136. The zero-order chi connectivity index (χ0) is 22.5. The molecule has 0 aliphatic carbocycles. The van der Waals surface area contributed by atoms with Crippen molar-refractivity contribution in [3.05, 3.63) is 75.7 Å². The van der Waals surface area contributed by atoms with Gasteiger partial charge in [0.2, 0.25) is 0 Å². The van der Waals surface area contributed by atoms with Crippen LogP contribution in [-0.2, 0) is 19.6 Å². The van der Waals surface area contributed by atoms with Gasteiger partial charge in [-0.25, -0.2) is 4.79 Å². The molecular formula is C23H26N6O3. The van der Waals surface area contributed by atoms with Gasteiger partial charge in [0.05, 0.1) is 20.3 Å². The van der Waals surface area contributed by atoms with E-state index in [1.54, 1.807) is 7.11 Å². The van der Waals surface area contributed by atoms with Gasteiger partial charge in [-0.1, -0.05) is 42.5 Å². The molecule has 4 aromatic rings. The number of H-pyrrole nitrogens is 1. The minimum atomic E-state index is -0.328. The minimum Gasteiger partial charge on any atom is -0.496 e. The summed E-state index contributed by atoms with van der Waals surface area (Å²) in [6.45, 7) is 3.96. The number of anilines is 1. The summed E-state index contributed by atoms with van der Waals surface area (Å²) in [7, 11) is 1.62. The monoisotopic (exact) mass is 434 g/mol. The number of nitrogens with one attached hydrogen (secondary N) is 2. The van der Waals surface area contributed by atoms with Crippen LogP contribution >= 0.6 is 0 Å². The number of hydrogen-bond acceptors (Lipinski definition) is 7. The number of methoxy groups -OCH3 is 1. The number of benzene rings is 2. The van der Waals surface area contributed by atoms with Gasteiger partial charge < -0.3 is 25.5 Å². The average Bonchev–Trinajstić information content (AvgIpc) is 3.11. The van der Waals surface area contributed by atoms with Crippen LogP contribution in [0.3, 0.4) is 0 Å². The largest absolute Gasteiger partial charge is 0.496 e. The van der Waals surface area contributed by atoms with Crippen molar-refractivity contribution in [1.82, 2.24) is 24.8 Å². The van der Waals surface area contributed by atoms with Crippen LogP contribution in [0.5, 0.6) is 11.8 Å². The molecule has 0 atom stereocenters. The number of hydrogen-bond donors (Lipinski definition) is 3. The molecule has 0 spiro atoms. The number of imidazole rings is 1. The van der Waals surface area contributed by atoms with E-state index >= 15 is 0 Å². The van der Waals surface area contributed by atoms with Gasteiger partial charge in [-0.2, -0.15) is 9.97 Å². The first kappa shape index (κ1) is 21.4. The molecular weight excluding hydrogens is 408 g/mol. The SMILES string of the molecule is CCOc1nc(N)c2[nH]c(=O)n(Cc3ccc(CNCc4ccccc4)cc3OC)c2n1. The maximum Gasteiger partial charge on any atom is 0.328 e. The number of rotatable bonds is 9. The quantitative estimate of drug-likeness (QED) is 0.370. The Hall–Kier alpha value is -3.85. The maximum atomic E-state index is 12.6. The first-order valence-corrected chi connectivity index (χ1v) is 10.4. The summed E-state index contributed by atoms with van der Waals surface area (Å²) >= 11 is 0. The summed E-state index contributed by atoms with van der Waals surface area (Å²) < 4.78 is 12.5. The Balaban J connectivity index is 1.56. The van der Waals surface area contributed by atoms with Crippen LogP contribution in [-0.4, -0.2) is 33.2 Å². The van der Waals surface area contributed by atoms with Crippen molar-refractivity contribution in [2.75, 3.05) is 19.5 Å². The molecule has 0 saturated heterocycles. The number of nitrogens with zero attached hydrogens (tertiary/aromatic N) is 3. The number of nitrogens with two attached hydrogens (primary N) is 1. The molecule has 0 bridgehead atoms. The van der Waals surface area contributed by atoms with Gasteiger partial charge in [-0.15, -0.1) is 0 Å².